The van der Waals surface area contributed by atoms with Crippen LogP contribution in [0.25, 0.3) is 10.2 Å². The second-order valence-electron chi connectivity index (χ2n) is 7.24. The molecule has 0 saturated heterocycles. The number of benzene rings is 2. The standard InChI is InChI=1S/C22H27N3O3S.ClH/c1-15-12-16(2)21-19(13-15)23-22(29-21)25(11-10-24(3)4)20(26)14-28-18-8-6-17(27-5)7-9-18;/h6-9,12-13H,10-11,14H2,1-5H3;1H. The quantitative estimate of drug-likeness (QED) is 0.512. The molecule has 1 heterocycles. The minimum absolute atomic E-state index is 0. The molecule has 162 valence electrons. The van der Waals surface area contributed by atoms with Gasteiger partial charge in [-0.2, -0.15) is 0 Å². The van der Waals surface area contributed by atoms with Crippen LogP contribution in [0.3, 0.4) is 0 Å². The predicted molar refractivity (Wildman–Crippen MR) is 126 cm³/mol. The summed E-state index contributed by atoms with van der Waals surface area (Å²) in [5.41, 5.74) is 3.28. The van der Waals surface area contributed by atoms with Crippen molar-refractivity contribution < 1.29 is 14.3 Å². The maximum Gasteiger partial charge on any atom is 0.266 e. The number of amides is 1. The van der Waals surface area contributed by atoms with Crippen molar-refractivity contribution in [3.63, 3.8) is 0 Å². The van der Waals surface area contributed by atoms with E-state index in [9.17, 15) is 4.79 Å². The lowest BCUT2D eigenvalue weighted by atomic mass is 10.1. The number of thiazole rings is 1. The van der Waals surface area contributed by atoms with Crippen LogP contribution in [0.5, 0.6) is 11.5 Å². The highest BCUT2D eigenvalue weighted by molar-refractivity contribution is 7.22. The summed E-state index contributed by atoms with van der Waals surface area (Å²) in [7, 11) is 5.59. The first kappa shape index (κ1) is 23.9. The third kappa shape index (κ3) is 5.84. The van der Waals surface area contributed by atoms with Gasteiger partial charge in [0.15, 0.2) is 11.7 Å². The third-order valence-corrected chi connectivity index (χ3v) is 5.76. The Balaban J connectivity index is 0.00000320. The van der Waals surface area contributed by atoms with E-state index in [0.29, 0.717) is 17.4 Å². The number of rotatable bonds is 8. The first-order valence-electron chi connectivity index (χ1n) is 9.47. The maximum absolute atomic E-state index is 13.0. The zero-order chi connectivity index (χ0) is 21.0. The lowest BCUT2D eigenvalue weighted by Crippen LogP contribution is -2.39. The molecule has 1 amide bonds. The number of fused-ring (bicyclic) bond motifs is 1. The smallest absolute Gasteiger partial charge is 0.266 e. The molecule has 1 aromatic heterocycles. The first-order chi connectivity index (χ1) is 13.9. The Bertz CT molecular complexity index is 989. The number of likely N-dealkylation sites (N-methyl/N-ethyl adjacent to an activating group) is 1. The van der Waals surface area contributed by atoms with Crippen LogP contribution in [-0.4, -0.2) is 56.7 Å². The predicted octanol–water partition coefficient (Wildman–Crippen LogP) is 4.32. The second kappa shape index (κ2) is 10.6. The summed E-state index contributed by atoms with van der Waals surface area (Å²) in [4.78, 5) is 21.5. The van der Waals surface area contributed by atoms with E-state index in [4.69, 9.17) is 14.5 Å². The number of nitrogens with zero attached hydrogens (tertiary/aromatic N) is 3. The van der Waals surface area contributed by atoms with Gasteiger partial charge in [-0.15, -0.1) is 12.4 Å². The molecule has 0 saturated carbocycles. The zero-order valence-corrected chi connectivity index (χ0v) is 19.6. The van der Waals surface area contributed by atoms with Crippen molar-refractivity contribution in [2.24, 2.45) is 0 Å². The number of ether oxygens (including phenoxy) is 2. The van der Waals surface area contributed by atoms with Crippen LogP contribution in [-0.2, 0) is 4.79 Å². The molecule has 0 radical (unpaired) electrons. The Morgan fingerprint density at radius 2 is 1.73 bits per heavy atom. The molecule has 6 nitrogen and oxygen atoms in total. The SMILES string of the molecule is COc1ccc(OCC(=O)N(CCN(C)C)c2nc3cc(C)cc(C)c3s2)cc1.Cl. The van der Waals surface area contributed by atoms with Crippen molar-refractivity contribution in [2.75, 3.05) is 45.8 Å². The third-order valence-electron chi connectivity index (χ3n) is 4.53. The molecule has 0 aliphatic heterocycles. The van der Waals surface area contributed by atoms with Gasteiger partial charge in [-0.25, -0.2) is 4.98 Å². The minimum Gasteiger partial charge on any atom is -0.497 e. The van der Waals surface area contributed by atoms with E-state index in [0.717, 1.165) is 22.5 Å². The number of halogens is 1. The minimum atomic E-state index is -0.115. The number of anilines is 1. The number of hydrogen-bond acceptors (Lipinski definition) is 6. The molecule has 0 bridgehead atoms. The van der Waals surface area contributed by atoms with E-state index >= 15 is 0 Å². The lowest BCUT2D eigenvalue weighted by Gasteiger charge is -2.22. The molecule has 0 fully saturated rings. The first-order valence-corrected chi connectivity index (χ1v) is 10.3. The second-order valence-corrected chi connectivity index (χ2v) is 8.22. The number of carbonyl (C=O) groups excluding carboxylic acids is 1. The van der Waals surface area contributed by atoms with E-state index in [-0.39, 0.29) is 24.9 Å². The van der Waals surface area contributed by atoms with E-state index in [1.54, 1.807) is 35.5 Å². The summed E-state index contributed by atoms with van der Waals surface area (Å²) in [6, 6.07) is 11.4. The summed E-state index contributed by atoms with van der Waals surface area (Å²) < 4.78 is 12.0. The fourth-order valence-corrected chi connectivity index (χ4v) is 4.06. The van der Waals surface area contributed by atoms with Crippen LogP contribution in [0.1, 0.15) is 11.1 Å². The van der Waals surface area contributed by atoms with Gasteiger partial charge in [0.25, 0.3) is 5.91 Å². The van der Waals surface area contributed by atoms with E-state index < -0.39 is 0 Å². The summed E-state index contributed by atoms with van der Waals surface area (Å²) in [5.74, 6) is 1.26. The molecule has 2 aromatic carbocycles. The highest BCUT2D eigenvalue weighted by Crippen LogP contribution is 2.32. The van der Waals surface area contributed by atoms with Crippen molar-refractivity contribution in [1.29, 1.82) is 0 Å². The number of aromatic nitrogens is 1. The summed E-state index contributed by atoms with van der Waals surface area (Å²) in [6.07, 6.45) is 0. The highest BCUT2D eigenvalue weighted by Gasteiger charge is 2.21. The molecule has 0 N–H and O–H groups in total. The molecule has 30 heavy (non-hydrogen) atoms. The molecule has 0 aliphatic rings. The van der Waals surface area contributed by atoms with Gasteiger partial charge < -0.3 is 14.4 Å². The average Bonchev–Trinajstić information content (AvgIpc) is 3.10. The zero-order valence-electron chi connectivity index (χ0n) is 18.0. The van der Waals surface area contributed by atoms with Gasteiger partial charge in [0.1, 0.15) is 11.5 Å². The Morgan fingerprint density at radius 3 is 2.37 bits per heavy atom. The van der Waals surface area contributed by atoms with Gasteiger partial charge in [-0.05, 0) is 69.4 Å². The Kier molecular flexibility index (Phi) is 8.46. The van der Waals surface area contributed by atoms with E-state index in [1.807, 2.05) is 31.1 Å². The summed E-state index contributed by atoms with van der Waals surface area (Å²) >= 11 is 1.55. The topological polar surface area (TPSA) is 54.9 Å². The van der Waals surface area contributed by atoms with Gasteiger partial charge in [0.2, 0.25) is 0 Å². The van der Waals surface area contributed by atoms with Crippen LogP contribution in [0.2, 0.25) is 0 Å². The van der Waals surface area contributed by atoms with E-state index in [2.05, 4.69) is 26.0 Å². The number of hydrogen-bond donors (Lipinski definition) is 0. The van der Waals surface area contributed by atoms with Gasteiger partial charge in [-0.1, -0.05) is 17.4 Å². The summed E-state index contributed by atoms with van der Waals surface area (Å²) in [5, 5.41) is 0.707. The average molecular weight is 450 g/mol. The molecule has 0 spiro atoms. The van der Waals surface area contributed by atoms with Crippen LogP contribution < -0.4 is 14.4 Å². The Morgan fingerprint density at radius 1 is 1.07 bits per heavy atom. The van der Waals surface area contributed by atoms with Crippen molar-refractivity contribution in [3.05, 3.63) is 47.5 Å². The van der Waals surface area contributed by atoms with Crippen molar-refractivity contribution in [3.8, 4) is 11.5 Å². The molecular weight excluding hydrogens is 422 g/mol. The van der Waals surface area contributed by atoms with Crippen molar-refractivity contribution >= 4 is 45.0 Å². The van der Waals surface area contributed by atoms with Crippen LogP contribution in [0.15, 0.2) is 36.4 Å². The highest BCUT2D eigenvalue weighted by atomic mass is 35.5. The Hall–Kier alpha value is -2.35. The molecule has 3 aromatic rings. The molecule has 0 atom stereocenters. The number of carbonyl (C=O) groups is 1. The Labute approximate surface area is 187 Å². The fourth-order valence-electron chi connectivity index (χ4n) is 3.00. The van der Waals surface area contributed by atoms with Gasteiger partial charge in [0, 0.05) is 13.1 Å². The monoisotopic (exact) mass is 449 g/mol. The number of methoxy groups -OCH3 is 1. The van der Waals surface area contributed by atoms with Crippen LogP contribution in [0.4, 0.5) is 5.13 Å². The number of aryl methyl sites for hydroxylation is 2. The van der Waals surface area contributed by atoms with Crippen molar-refractivity contribution in [2.45, 2.75) is 13.8 Å². The van der Waals surface area contributed by atoms with Crippen LogP contribution >= 0.6 is 23.7 Å². The van der Waals surface area contributed by atoms with Crippen molar-refractivity contribution in [1.82, 2.24) is 9.88 Å². The van der Waals surface area contributed by atoms with Gasteiger partial charge in [-0.3, -0.25) is 9.69 Å². The van der Waals surface area contributed by atoms with Gasteiger partial charge >= 0.3 is 0 Å². The fraction of sp³-hybridized carbons (Fsp3) is 0.364. The van der Waals surface area contributed by atoms with E-state index in [1.165, 1.54) is 11.1 Å². The molecule has 0 unspecified atom stereocenters. The van der Waals surface area contributed by atoms with Gasteiger partial charge in [0.05, 0.1) is 17.3 Å². The van der Waals surface area contributed by atoms with Crippen LogP contribution in [0, 0.1) is 13.8 Å². The molecule has 3 rings (SSSR count). The normalized spacial score (nSPS) is 10.7. The largest absolute Gasteiger partial charge is 0.497 e. The maximum atomic E-state index is 13.0. The molecular formula is C22H28ClN3O3S. The lowest BCUT2D eigenvalue weighted by molar-refractivity contribution is -0.120. The molecule has 8 heteroatoms. The summed E-state index contributed by atoms with van der Waals surface area (Å²) in [6.45, 7) is 5.38. The molecule has 0 aliphatic carbocycles.